The number of aromatic nitrogens is 2. The maximum atomic E-state index is 12.9. The quantitative estimate of drug-likeness (QED) is 0.289. The van der Waals surface area contributed by atoms with Crippen molar-refractivity contribution in [2.45, 2.75) is 24.4 Å². The molecule has 2 fully saturated rings. The molecule has 2 amide bonds. The fourth-order valence-electron chi connectivity index (χ4n) is 4.88. The second kappa shape index (κ2) is 12.9. The highest BCUT2D eigenvalue weighted by atomic mass is 35.5. The number of carbonyl (C=O) groups is 2. The monoisotopic (exact) mass is 584 g/mol. The first-order valence-corrected chi connectivity index (χ1v) is 14.6. The topological polar surface area (TPSA) is 95.2 Å². The standard InChI is InChI=1S/C28H33ClN6O4S/c1-20(36)32-9-15-35(16-10-32)27(37)25-8-7-22(39-25)19-40-28-30-21(18-38-2)17-26(31-28)34-13-11-33(12-14-34)24-6-4-3-5-23(24)29/h3-8,17H,9-16,18-19H2,1-2H3. The number of hydrogen-bond acceptors (Lipinski definition) is 9. The Balaban J connectivity index is 1.20. The normalized spacial score (nSPS) is 16.0. The molecule has 2 saturated heterocycles. The fourth-order valence-corrected chi connectivity index (χ4v) is 5.90. The zero-order chi connectivity index (χ0) is 28.1. The smallest absolute Gasteiger partial charge is 0.289 e. The van der Waals surface area contributed by atoms with Crippen LogP contribution in [0.15, 0.2) is 52.0 Å². The van der Waals surface area contributed by atoms with Gasteiger partial charge in [-0.25, -0.2) is 9.97 Å². The molecule has 0 atom stereocenters. The minimum Gasteiger partial charge on any atom is -0.455 e. The van der Waals surface area contributed by atoms with E-state index in [4.69, 9.17) is 25.7 Å². The predicted molar refractivity (Wildman–Crippen MR) is 155 cm³/mol. The lowest BCUT2D eigenvalue weighted by Gasteiger charge is -2.37. The molecule has 1 aromatic carbocycles. The fraction of sp³-hybridized carbons (Fsp3) is 0.429. The van der Waals surface area contributed by atoms with E-state index in [0.29, 0.717) is 55.2 Å². The van der Waals surface area contributed by atoms with E-state index in [1.165, 1.54) is 11.8 Å². The van der Waals surface area contributed by atoms with Gasteiger partial charge >= 0.3 is 0 Å². The van der Waals surface area contributed by atoms with Crippen LogP contribution >= 0.6 is 23.4 Å². The number of rotatable bonds is 8. The number of furan rings is 1. The van der Waals surface area contributed by atoms with Crippen molar-refractivity contribution >= 4 is 46.7 Å². The second-order valence-electron chi connectivity index (χ2n) is 9.71. The molecule has 212 valence electrons. The molecular formula is C28H33ClN6O4S. The SMILES string of the molecule is COCc1cc(N2CCN(c3ccccc3Cl)CC2)nc(SCc2ccc(C(=O)N3CCN(C(C)=O)CC3)o2)n1. The molecule has 0 unspecified atom stereocenters. The first-order valence-electron chi connectivity index (χ1n) is 13.3. The van der Waals surface area contributed by atoms with Gasteiger partial charge in [0.05, 0.1) is 28.8 Å². The number of halogens is 1. The van der Waals surface area contributed by atoms with Crippen LogP contribution in [0, 0.1) is 0 Å². The molecule has 10 nitrogen and oxygen atoms in total. The van der Waals surface area contributed by atoms with E-state index in [1.807, 2.05) is 30.3 Å². The van der Waals surface area contributed by atoms with Crippen molar-refractivity contribution in [1.29, 1.82) is 0 Å². The maximum Gasteiger partial charge on any atom is 0.289 e. The minimum atomic E-state index is -0.156. The van der Waals surface area contributed by atoms with Crippen molar-refractivity contribution in [3.8, 4) is 0 Å². The van der Waals surface area contributed by atoms with Crippen LogP contribution in [0.4, 0.5) is 11.5 Å². The van der Waals surface area contributed by atoms with Gasteiger partial charge in [-0.15, -0.1) is 0 Å². The summed E-state index contributed by atoms with van der Waals surface area (Å²) in [4.78, 5) is 42.0. The summed E-state index contributed by atoms with van der Waals surface area (Å²) in [6.07, 6.45) is 0. The molecule has 4 heterocycles. The summed E-state index contributed by atoms with van der Waals surface area (Å²) in [6, 6.07) is 13.4. The number of nitrogens with zero attached hydrogens (tertiary/aromatic N) is 6. The Morgan fingerprint density at radius 1 is 0.950 bits per heavy atom. The highest BCUT2D eigenvalue weighted by Crippen LogP contribution is 2.28. The van der Waals surface area contributed by atoms with Gasteiger partial charge in [-0.2, -0.15) is 0 Å². The molecule has 5 rings (SSSR count). The summed E-state index contributed by atoms with van der Waals surface area (Å²) in [5.74, 6) is 2.20. The number of methoxy groups -OCH3 is 1. The average molecular weight is 585 g/mol. The van der Waals surface area contributed by atoms with Crippen molar-refractivity contribution in [3.63, 3.8) is 0 Å². The number of anilines is 2. The average Bonchev–Trinajstić information content (AvgIpc) is 3.45. The van der Waals surface area contributed by atoms with E-state index in [1.54, 1.807) is 29.9 Å². The van der Waals surface area contributed by atoms with Crippen molar-refractivity contribution in [1.82, 2.24) is 19.8 Å². The summed E-state index contributed by atoms with van der Waals surface area (Å²) in [7, 11) is 1.65. The first-order chi connectivity index (χ1) is 19.4. The largest absolute Gasteiger partial charge is 0.455 e. The Kier molecular flexibility index (Phi) is 9.13. The van der Waals surface area contributed by atoms with Gasteiger partial charge in [0.2, 0.25) is 5.91 Å². The highest BCUT2D eigenvalue weighted by Gasteiger charge is 2.25. The number of ether oxygens (including phenoxy) is 1. The van der Waals surface area contributed by atoms with E-state index in [9.17, 15) is 9.59 Å². The lowest BCUT2D eigenvalue weighted by molar-refractivity contribution is -0.130. The predicted octanol–water partition coefficient (Wildman–Crippen LogP) is 3.79. The van der Waals surface area contributed by atoms with Crippen LogP contribution in [-0.2, 0) is 21.9 Å². The van der Waals surface area contributed by atoms with E-state index in [2.05, 4.69) is 20.9 Å². The molecule has 2 aliphatic heterocycles. The second-order valence-corrected chi connectivity index (χ2v) is 11.1. The number of thioether (sulfide) groups is 1. The number of carbonyl (C=O) groups excluding carboxylic acids is 2. The van der Waals surface area contributed by atoms with E-state index in [-0.39, 0.29) is 11.8 Å². The van der Waals surface area contributed by atoms with Crippen molar-refractivity contribution in [2.24, 2.45) is 0 Å². The molecule has 2 aromatic heterocycles. The third-order valence-electron chi connectivity index (χ3n) is 7.06. The lowest BCUT2D eigenvalue weighted by atomic mass is 10.2. The van der Waals surface area contributed by atoms with Crippen LogP contribution in [0.1, 0.15) is 28.9 Å². The third-order valence-corrected chi connectivity index (χ3v) is 8.25. The molecule has 3 aromatic rings. The maximum absolute atomic E-state index is 12.9. The molecule has 0 radical (unpaired) electrons. The van der Waals surface area contributed by atoms with Gasteiger partial charge in [0.15, 0.2) is 10.9 Å². The van der Waals surface area contributed by atoms with Crippen LogP contribution in [0.2, 0.25) is 5.02 Å². The van der Waals surface area contributed by atoms with E-state index < -0.39 is 0 Å². The summed E-state index contributed by atoms with van der Waals surface area (Å²) < 4.78 is 11.2. The molecule has 12 heteroatoms. The van der Waals surface area contributed by atoms with Gasteiger partial charge in [-0.1, -0.05) is 35.5 Å². The van der Waals surface area contributed by atoms with Crippen LogP contribution in [0.25, 0.3) is 0 Å². The number of para-hydroxylation sites is 1. The Labute approximate surface area is 243 Å². The van der Waals surface area contributed by atoms with Crippen LogP contribution < -0.4 is 9.80 Å². The van der Waals surface area contributed by atoms with Gasteiger partial charge in [-0.3, -0.25) is 9.59 Å². The lowest BCUT2D eigenvalue weighted by Crippen LogP contribution is -2.50. The van der Waals surface area contributed by atoms with Crippen molar-refractivity contribution < 1.29 is 18.7 Å². The highest BCUT2D eigenvalue weighted by molar-refractivity contribution is 7.98. The van der Waals surface area contributed by atoms with E-state index in [0.717, 1.165) is 48.4 Å². The molecule has 2 aliphatic rings. The van der Waals surface area contributed by atoms with Gasteiger partial charge in [-0.05, 0) is 24.3 Å². The Morgan fingerprint density at radius 2 is 1.65 bits per heavy atom. The number of benzene rings is 1. The molecule has 0 spiro atoms. The van der Waals surface area contributed by atoms with Crippen LogP contribution in [-0.4, -0.2) is 91.0 Å². The number of hydrogen-bond donors (Lipinski definition) is 0. The van der Waals surface area contributed by atoms with E-state index >= 15 is 0 Å². The van der Waals surface area contributed by atoms with Gasteiger partial charge < -0.3 is 28.8 Å². The number of amides is 2. The van der Waals surface area contributed by atoms with Crippen LogP contribution in [0.5, 0.6) is 0 Å². The Morgan fingerprint density at radius 3 is 2.35 bits per heavy atom. The van der Waals surface area contributed by atoms with Crippen LogP contribution in [0.3, 0.4) is 0 Å². The number of piperazine rings is 2. The van der Waals surface area contributed by atoms with Crippen molar-refractivity contribution in [2.75, 3.05) is 69.3 Å². The van der Waals surface area contributed by atoms with Crippen molar-refractivity contribution in [3.05, 3.63) is 64.7 Å². The molecule has 40 heavy (non-hydrogen) atoms. The summed E-state index contributed by atoms with van der Waals surface area (Å²) in [6.45, 7) is 7.30. The molecule has 0 aliphatic carbocycles. The van der Waals surface area contributed by atoms with Gasteiger partial charge in [0.25, 0.3) is 5.91 Å². The third kappa shape index (κ3) is 6.71. The molecule has 0 saturated carbocycles. The zero-order valence-corrected chi connectivity index (χ0v) is 24.3. The summed E-state index contributed by atoms with van der Waals surface area (Å²) in [5, 5.41) is 1.39. The zero-order valence-electron chi connectivity index (χ0n) is 22.7. The Bertz CT molecular complexity index is 1340. The summed E-state index contributed by atoms with van der Waals surface area (Å²) >= 11 is 7.87. The Hall–Kier alpha value is -3.28. The minimum absolute atomic E-state index is 0.0312. The molecular weight excluding hydrogens is 552 g/mol. The molecule has 0 N–H and O–H groups in total. The van der Waals surface area contributed by atoms with Gasteiger partial charge in [0, 0.05) is 72.5 Å². The molecule has 0 bridgehead atoms. The van der Waals surface area contributed by atoms with Gasteiger partial charge in [0.1, 0.15) is 11.6 Å². The first kappa shape index (κ1) is 28.3. The summed E-state index contributed by atoms with van der Waals surface area (Å²) in [5.41, 5.74) is 1.86.